The summed E-state index contributed by atoms with van der Waals surface area (Å²) in [7, 11) is 0. The van der Waals surface area contributed by atoms with Crippen molar-refractivity contribution in [2.45, 2.75) is 20.0 Å². The van der Waals surface area contributed by atoms with Crippen molar-refractivity contribution < 1.29 is 31.8 Å². The van der Waals surface area contributed by atoms with Gasteiger partial charge >= 0.3 is 12.3 Å². The summed E-state index contributed by atoms with van der Waals surface area (Å²) in [6, 6.07) is 0.737. The number of rotatable bonds is 4. The van der Waals surface area contributed by atoms with E-state index in [1.165, 1.54) is 6.92 Å². The summed E-state index contributed by atoms with van der Waals surface area (Å²) < 4.78 is 60.8. The van der Waals surface area contributed by atoms with Crippen molar-refractivity contribution in [3.8, 4) is 5.75 Å². The Morgan fingerprint density at radius 3 is 2.54 bits per heavy atom. The molecule has 0 saturated carbocycles. The summed E-state index contributed by atoms with van der Waals surface area (Å²) in [6.45, 7) is 3.10. The largest absolute Gasteiger partial charge is 0.448 e. The molecule has 0 spiro atoms. The van der Waals surface area contributed by atoms with Crippen LogP contribution < -0.4 is 10.5 Å². The predicted molar refractivity (Wildman–Crippen MR) is 79.4 cm³/mol. The molecule has 0 saturated heterocycles. The number of allylic oxidation sites excluding steroid dienone is 1. The Kier molecular flexibility index (Phi) is 6.59. The maximum absolute atomic E-state index is 13.8. The number of amides is 1. The highest BCUT2D eigenvalue weighted by Crippen LogP contribution is 2.37. The Morgan fingerprint density at radius 1 is 1.42 bits per heavy atom. The third-order valence-corrected chi connectivity index (χ3v) is 2.71. The quantitative estimate of drug-likeness (QED) is 0.488. The number of benzene rings is 1. The number of ether oxygens (including phenoxy) is 2. The summed E-state index contributed by atoms with van der Waals surface area (Å²) in [5, 5.41) is -0.612. The lowest BCUT2D eigenvalue weighted by Gasteiger charge is -2.12. The first-order valence-electron chi connectivity index (χ1n) is 6.48. The first-order valence-corrected chi connectivity index (χ1v) is 6.85. The summed E-state index contributed by atoms with van der Waals surface area (Å²) in [6.07, 6.45) is -4.56. The average Bonchev–Trinajstić information content (AvgIpc) is 2.41. The van der Waals surface area contributed by atoms with Gasteiger partial charge in [0.2, 0.25) is 0 Å². The van der Waals surface area contributed by atoms with Gasteiger partial charge in [-0.25, -0.2) is 9.18 Å². The Balaban J connectivity index is 3.01. The SMILES string of the molecule is CCOC(=O)/N=C(C)/C=C(\N)Oc1c(F)cc(C(F)(F)F)cc1Cl. The number of nitrogens with zero attached hydrogens (tertiary/aromatic N) is 1. The van der Waals surface area contributed by atoms with E-state index in [1.807, 2.05) is 0 Å². The number of carbonyl (C=O) groups is 1. The van der Waals surface area contributed by atoms with Gasteiger partial charge in [0.25, 0.3) is 0 Å². The molecule has 132 valence electrons. The molecule has 0 radical (unpaired) electrons. The third kappa shape index (κ3) is 5.73. The predicted octanol–water partition coefficient (Wildman–Crippen LogP) is 4.29. The fourth-order valence-corrected chi connectivity index (χ4v) is 1.75. The first-order chi connectivity index (χ1) is 11.0. The van der Waals surface area contributed by atoms with Crippen molar-refractivity contribution in [1.29, 1.82) is 0 Å². The molecule has 1 rings (SSSR count). The molecule has 0 fully saturated rings. The second kappa shape index (κ2) is 8.00. The van der Waals surface area contributed by atoms with Crippen LogP contribution in [0.4, 0.5) is 22.4 Å². The molecule has 0 aromatic heterocycles. The zero-order chi connectivity index (χ0) is 18.5. The van der Waals surface area contributed by atoms with E-state index in [1.54, 1.807) is 6.92 Å². The second-order valence-corrected chi connectivity index (χ2v) is 4.77. The van der Waals surface area contributed by atoms with Gasteiger partial charge in [-0.05, 0) is 26.0 Å². The topological polar surface area (TPSA) is 73.9 Å². The van der Waals surface area contributed by atoms with E-state index in [0.29, 0.717) is 6.07 Å². The Morgan fingerprint density at radius 2 is 2.04 bits per heavy atom. The Hall–Kier alpha value is -2.29. The molecule has 10 heteroatoms. The van der Waals surface area contributed by atoms with Crippen molar-refractivity contribution in [3.63, 3.8) is 0 Å². The number of nitrogens with two attached hydrogens (primary N) is 1. The number of carbonyl (C=O) groups excluding carboxylic acids is 1. The van der Waals surface area contributed by atoms with Crippen LogP contribution in [0.5, 0.6) is 5.75 Å². The van der Waals surface area contributed by atoms with Crippen molar-refractivity contribution in [1.82, 2.24) is 0 Å². The molecule has 0 aliphatic heterocycles. The Labute approximate surface area is 139 Å². The molecule has 1 amide bonds. The fourth-order valence-electron chi connectivity index (χ4n) is 1.51. The monoisotopic (exact) mass is 368 g/mol. The van der Waals surface area contributed by atoms with Crippen molar-refractivity contribution in [3.05, 3.63) is 40.5 Å². The molecule has 24 heavy (non-hydrogen) atoms. The molecule has 5 nitrogen and oxygen atoms in total. The molecule has 0 atom stereocenters. The number of aliphatic imine (C=N–C) groups is 1. The summed E-state index contributed by atoms with van der Waals surface area (Å²) in [4.78, 5) is 14.6. The normalized spacial score (nSPS) is 13.0. The molecular weight excluding hydrogens is 356 g/mol. The van der Waals surface area contributed by atoms with Gasteiger partial charge in [-0.1, -0.05) is 11.6 Å². The van der Waals surface area contributed by atoms with Gasteiger partial charge in [0, 0.05) is 6.08 Å². The van der Waals surface area contributed by atoms with Crippen molar-refractivity contribution in [2.24, 2.45) is 10.7 Å². The van der Waals surface area contributed by atoms with Crippen LogP contribution in [0.1, 0.15) is 19.4 Å². The lowest BCUT2D eigenvalue weighted by Crippen LogP contribution is -2.11. The van der Waals surface area contributed by atoms with Gasteiger partial charge in [-0.2, -0.15) is 18.2 Å². The molecule has 0 aliphatic rings. The van der Waals surface area contributed by atoms with Gasteiger partial charge < -0.3 is 15.2 Å². The molecule has 0 bridgehead atoms. The van der Waals surface area contributed by atoms with E-state index in [4.69, 9.17) is 22.1 Å². The minimum absolute atomic E-state index is 0.0781. The summed E-state index contributed by atoms with van der Waals surface area (Å²) in [5.41, 5.74) is 4.29. The first kappa shape index (κ1) is 19.8. The summed E-state index contributed by atoms with van der Waals surface area (Å²) >= 11 is 5.59. The molecule has 0 aliphatic carbocycles. The highest BCUT2D eigenvalue weighted by Gasteiger charge is 2.32. The van der Waals surface area contributed by atoms with Gasteiger partial charge in [0.05, 0.1) is 22.9 Å². The van der Waals surface area contributed by atoms with E-state index in [0.717, 1.165) is 6.08 Å². The standard InChI is InChI=1S/C14H13ClF4N2O3/c1-3-23-13(22)21-7(2)4-11(20)24-12-9(15)5-8(6-10(12)16)14(17,18)19/h4-6H,3,20H2,1-2H3/b11-4+,21-7+. The zero-order valence-electron chi connectivity index (χ0n) is 12.6. The third-order valence-electron chi connectivity index (χ3n) is 2.43. The van der Waals surface area contributed by atoms with Crippen LogP contribution in [0.2, 0.25) is 5.02 Å². The highest BCUT2D eigenvalue weighted by molar-refractivity contribution is 6.32. The van der Waals surface area contributed by atoms with E-state index < -0.39 is 40.3 Å². The van der Waals surface area contributed by atoms with Crippen LogP contribution in [-0.4, -0.2) is 18.4 Å². The van der Waals surface area contributed by atoms with E-state index in [2.05, 4.69) is 9.73 Å². The summed E-state index contributed by atoms with van der Waals surface area (Å²) in [5.74, 6) is -2.45. The second-order valence-electron chi connectivity index (χ2n) is 4.37. The van der Waals surface area contributed by atoms with Crippen LogP contribution >= 0.6 is 11.6 Å². The van der Waals surface area contributed by atoms with Crippen LogP contribution in [0.25, 0.3) is 0 Å². The van der Waals surface area contributed by atoms with Crippen molar-refractivity contribution in [2.75, 3.05) is 6.61 Å². The molecule has 1 aromatic carbocycles. The van der Waals surface area contributed by atoms with E-state index >= 15 is 0 Å². The number of alkyl halides is 3. The average molecular weight is 369 g/mol. The smallest absolute Gasteiger partial charge is 0.433 e. The van der Waals surface area contributed by atoms with Crippen molar-refractivity contribution >= 4 is 23.4 Å². The van der Waals surface area contributed by atoms with Gasteiger partial charge in [-0.15, -0.1) is 0 Å². The molecule has 0 unspecified atom stereocenters. The minimum atomic E-state index is -4.76. The van der Waals surface area contributed by atoms with Gasteiger partial charge in [0.15, 0.2) is 17.4 Å². The maximum Gasteiger partial charge on any atom is 0.433 e. The highest BCUT2D eigenvalue weighted by atomic mass is 35.5. The lowest BCUT2D eigenvalue weighted by atomic mass is 10.2. The van der Waals surface area contributed by atoms with Crippen LogP contribution in [0, 0.1) is 5.82 Å². The van der Waals surface area contributed by atoms with Crippen LogP contribution in [0.15, 0.2) is 29.1 Å². The number of halogens is 5. The van der Waals surface area contributed by atoms with Gasteiger partial charge in [0.1, 0.15) is 0 Å². The van der Waals surface area contributed by atoms with E-state index in [9.17, 15) is 22.4 Å². The molecular formula is C14H13ClF4N2O3. The number of hydrogen-bond donors (Lipinski definition) is 1. The molecule has 2 N–H and O–H groups in total. The zero-order valence-corrected chi connectivity index (χ0v) is 13.3. The maximum atomic E-state index is 13.8. The minimum Gasteiger partial charge on any atom is -0.448 e. The van der Waals surface area contributed by atoms with Gasteiger partial charge in [-0.3, -0.25) is 0 Å². The van der Waals surface area contributed by atoms with Crippen LogP contribution in [0.3, 0.4) is 0 Å². The van der Waals surface area contributed by atoms with Crippen LogP contribution in [-0.2, 0) is 10.9 Å². The Bertz CT molecular complexity index is 664. The molecule has 0 heterocycles. The number of hydrogen-bond acceptors (Lipinski definition) is 4. The lowest BCUT2D eigenvalue weighted by molar-refractivity contribution is -0.137. The van der Waals surface area contributed by atoms with E-state index in [-0.39, 0.29) is 18.4 Å². The fraction of sp³-hybridized carbons (Fsp3) is 0.286. The molecule has 1 aromatic rings.